The van der Waals surface area contributed by atoms with Crippen LogP contribution < -0.4 is 11.5 Å². The first-order chi connectivity index (χ1) is 8.32. The predicted octanol–water partition coefficient (Wildman–Crippen LogP) is -0.375. The molecule has 7 heteroatoms. The van der Waals surface area contributed by atoms with Gasteiger partial charge in [-0.25, -0.2) is 0 Å². The number of nitrogens with zero attached hydrogens (tertiary/aromatic N) is 2. The number of hydrogen-bond acceptors (Lipinski definition) is 4. The number of primary amides is 1. The van der Waals surface area contributed by atoms with Crippen molar-refractivity contribution in [1.29, 1.82) is 0 Å². The molecule has 0 spiro atoms. The molecule has 1 rings (SSSR count). The zero-order valence-corrected chi connectivity index (χ0v) is 10.7. The first-order valence-corrected chi connectivity index (χ1v) is 5.90. The summed E-state index contributed by atoms with van der Waals surface area (Å²) >= 11 is 0. The number of likely N-dealkylation sites (tertiary alicyclic amines) is 1. The Bertz CT molecular complexity index is 378. The van der Waals surface area contributed by atoms with E-state index in [0.29, 0.717) is 13.0 Å². The van der Waals surface area contributed by atoms with E-state index < -0.39 is 17.4 Å². The highest BCUT2D eigenvalue weighted by molar-refractivity contribution is 6.06. The molecule has 0 bridgehead atoms. The zero-order valence-electron chi connectivity index (χ0n) is 10.7. The van der Waals surface area contributed by atoms with Crippen LogP contribution in [0.25, 0.3) is 0 Å². The van der Waals surface area contributed by atoms with Crippen LogP contribution in [0, 0.1) is 5.41 Å². The summed E-state index contributed by atoms with van der Waals surface area (Å²) in [6.07, 6.45) is 2.25. The summed E-state index contributed by atoms with van der Waals surface area (Å²) in [4.78, 5) is 25.2. The molecule has 7 nitrogen and oxygen atoms in total. The number of nitrogens with two attached hydrogens (primary N) is 2. The number of piperidine rings is 1. The fraction of sp³-hybridized carbons (Fsp3) is 0.727. The predicted molar refractivity (Wildman–Crippen MR) is 65.7 cm³/mol. The summed E-state index contributed by atoms with van der Waals surface area (Å²) in [5.41, 5.74) is 9.67. The quantitative estimate of drug-likeness (QED) is 0.276. The Morgan fingerprint density at radius 2 is 1.94 bits per heavy atom. The Balaban J connectivity index is 2.97. The largest absolute Gasteiger partial charge is 0.409 e. The third kappa shape index (κ3) is 2.55. The van der Waals surface area contributed by atoms with Crippen molar-refractivity contribution in [2.45, 2.75) is 39.2 Å². The number of hydrogen-bond donors (Lipinski definition) is 3. The van der Waals surface area contributed by atoms with Crippen molar-refractivity contribution in [3.8, 4) is 0 Å². The molecule has 1 fully saturated rings. The second-order valence-electron chi connectivity index (χ2n) is 5.02. The number of amidine groups is 1. The number of amides is 2. The first-order valence-electron chi connectivity index (χ1n) is 5.90. The van der Waals surface area contributed by atoms with E-state index >= 15 is 0 Å². The molecular formula is C11H20N4O3. The molecule has 102 valence electrons. The summed E-state index contributed by atoms with van der Waals surface area (Å²) in [6, 6.07) is -0.600. The van der Waals surface area contributed by atoms with E-state index in [1.165, 1.54) is 4.90 Å². The van der Waals surface area contributed by atoms with E-state index in [1.807, 2.05) is 0 Å². The minimum Gasteiger partial charge on any atom is -0.409 e. The van der Waals surface area contributed by atoms with E-state index in [4.69, 9.17) is 16.7 Å². The molecule has 0 aliphatic carbocycles. The van der Waals surface area contributed by atoms with Crippen LogP contribution in [0.2, 0.25) is 0 Å². The van der Waals surface area contributed by atoms with Crippen molar-refractivity contribution >= 4 is 17.6 Å². The molecule has 18 heavy (non-hydrogen) atoms. The highest BCUT2D eigenvalue weighted by atomic mass is 16.4. The van der Waals surface area contributed by atoms with Gasteiger partial charge in [0.1, 0.15) is 11.5 Å². The molecular weight excluding hydrogens is 236 g/mol. The maximum Gasteiger partial charge on any atom is 0.240 e. The lowest BCUT2D eigenvalue weighted by Crippen LogP contribution is -2.56. The SMILES string of the molecule is CC(C)(C(=O)N1CCCCC1C(N)=O)C(N)=NO. The van der Waals surface area contributed by atoms with Gasteiger partial charge in [-0.2, -0.15) is 0 Å². The average molecular weight is 256 g/mol. The first kappa shape index (κ1) is 14.3. The Kier molecular flexibility index (Phi) is 4.15. The van der Waals surface area contributed by atoms with Gasteiger partial charge in [-0.3, -0.25) is 9.59 Å². The van der Waals surface area contributed by atoms with Gasteiger partial charge in [-0.1, -0.05) is 5.16 Å². The molecule has 0 aromatic heterocycles. The van der Waals surface area contributed by atoms with Crippen molar-refractivity contribution in [2.24, 2.45) is 22.0 Å². The lowest BCUT2D eigenvalue weighted by Gasteiger charge is -2.38. The van der Waals surface area contributed by atoms with Crippen LogP contribution >= 0.6 is 0 Å². The van der Waals surface area contributed by atoms with Gasteiger partial charge in [0.05, 0.1) is 0 Å². The maximum absolute atomic E-state index is 12.4. The van der Waals surface area contributed by atoms with E-state index in [1.54, 1.807) is 13.8 Å². The zero-order chi connectivity index (χ0) is 13.9. The minimum atomic E-state index is -1.15. The van der Waals surface area contributed by atoms with Gasteiger partial charge in [0.15, 0.2) is 5.84 Å². The molecule has 0 radical (unpaired) electrons. The normalized spacial score (nSPS) is 21.8. The van der Waals surface area contributed by atoms with Crippen molar-refractivity contribution < 1.29 is 14.8 Å². The van der Waals surface area contributed by atoms with Crippen LogP contribution in [-0.2, 0) is 9.59 Å². The van der Waals surface area contributed by atoms with Crippen molar-refractivity contribution in [3.63, 3.8) is 0 Å². The molecule has 5 N–H and O–H groups in total. The number of rotatable bonds is 3. The fourth-order valence-electron chi connectivity index (χ4n) is 2.06. The number of carbonyl (C=O) groups excluding carboxylic acids is 2. The molecule has 1 saturated heterocycles. The summed E-state index contributed by atoms with van der Waals surface area (Å²) in [6.45, 7) is 3.57. The van der Waals surface area contributed by atoms with Crippen molar-refractivity contribution in [2.75, 3.05) is 6.54 Å². The second-order valence-corrected chi connectivity index (χ2v) is 5.02. The number of oxime groups is 1. The van der Waals surface area contributed by atoms with Crippen molar-refractivity contribution in [3.05, 3.63) is 0 Å². The Morgan fingerprint density at radius 1 is 1.33 bits per heavy atom. The molecule has 1 unspecified atom stereocenters. The van der Waals surface area contributed by atoms with Gasteiger partial charge in [0, 0.05) is 6.54 Å². The van der Waals surface area contributed by atoms with E-state index in [0.717, 1.165) is 12.8 Å². The van der Waals surface area contributed by atoms with Gasteiger partial charge in [-0.15, -0.1) is 0 Å². The molecule has 0 aromatic rings. The smallest absolute Gasteiger partial charge is 0.240 e. The molecule has 0 aromatic carbocycles. The van der Waals surface area contributed by atoms with Crippen LogP contribution in [0.4, 0.5) is 0 Å². The standard InChI is InChI=1S/C11H20N4O3/c1-11(2,9(13)14-18)10(17)15-6-4-3-5-7(15)8(12)16/h7,18H,3-6H2,1-2H3,(H2,12,16)(H2,13,14). The lowest BCUT2D eigenvalue weighted by atomic mass is 9.88. The average Bonchev–Trinajstić information content (AvgIpc) is 2.36. The van der Waals surface area contributed by atoms with Gasteiger partial charge in [0.25, 0.3) is 0 Å². The van der Waals surface area contributed by atoms with E-state index in [-0.39, 0.29) is 11.7 Å². The third-order valence-corrected chi connectivity index (χ3v) is 3.37. The summed E-state index contributed by atoms with van der Waals surface area (Å²) in [7, 11) is 0. The summed E-state index contributed by atoms with van der Waals surface area (Å²) < 4.78 is 0. The van der Waals surface area contributed by atoms with Gasteiger partial charge in [0.2, 0.25) is 11.8 Å². The van der Waals surface area contributed by atoms with Crippen LogP contribution in [-0.4, -0.2) is 40.3 Å². The fourth-order valence-corrected chi connectivity index (χ4v) is 2.06. The molecule has 2 amide bonds. The summed E-state index contributed by atoms with van der Waals surface area (Å²) in [5.74, 6) is -1.04. The Labute approximate surface area is 106 Å². The summed E-state index contributed by atoms with van der Waals surface area (Å²) in [5, 5.41) is 11.6. The second kappa shape index (κ2) is 5.24. The molecule has 1 aliphatic rings. The lowest BCUT2D eigenvalue weighted by molar-refractivity contribution is -0.145. The van der Waals surface area contributed by atoms with Gasteiger partial charge in [-0.05, 0) is 33.1 Å². The molecule has 1 atom stereocenters. The van der Waals surface area contributed by atoms with Crippen LogP contribution in [0.1, 0.15) is 33.1 Å². The molecule has 1 heterocycles. The molecule has 1 aliphatic heterocycles. The van der Waals surface area contributed by atoms with E-state index in [9.17, 15) is 9.59 Å². The van der Waals surface area contributed by atoms with Gasteiger partial charge >= 0.3 is 0 Å². The molecule has 0 saturated carbocycles. The monoisotopic (exact) mass is 256 g/mol. The highest BCUT2D eigenvalue weighted by Gasteiger charge is 2.41. The Morgan fingerprint density at radius 3 is 2.44 bits per heavy atom. The van der Waals surface area contributed by atoms with Crippen LogP contribution in [0.15, 0.2) is 5.16 Å². The number of carbonyl (C=O) groups is 2. The maximum atomic E-state index is 12.4. The van der Waals surface area contributed by atoms with Gasteiger partial charge < -0.3 is 21.6 Å². The Hall–Kier alpha value is -1.79. The van der Waals surface area contributed by atoms with Crippen LogP contribution in [0.3, 0.4) is 0 Å². The highest BCUT2D eigenvalue weighted by Crippen LogP contribution is 2.25. The third-order valence-electron chi connectivity index (χ3n) is 3.37. The minimum absolute atomic E-state index is 0.179. The topological polar surface area (TPSA) is 122 Å². The van der Waals surface area contributed by atoms with E-state index in [2.05, 4.69) is 5.16 Å². The van der Waals surface area contributed by atoms with Crippen LogP contribution in [0.5, 0.6) is 0 Å². The van der Waals surface area contributed by atoms with Crippen molar-refractivity contribution in [1.82, 2.24) is 4.90 Å².